The summed E-state index contributed by atoms with van der Waals surface area (Å²) in [4.78, 5) is 16.8. The molecule has 0 radical (unpaired) electrons. The lowest BCUT2D eigenvalue weighted by Gasteiger charge is -2.13. The summed E-state index contributed by atoms with van der Waals surface area (Å²) in [6, 6.07) is 12.4. The average molecular weight is 352 g/mol. The van der Waals surface area contributed by atoms with E-state index in [1.807, 2.05) is 0 Å². The van der Waals surface area contributed by atoms with Gasteiger partial charge in [-0.3, -0.25) is 4.79 Å². The van der Waals surface area contributed by atoms with Crippen molar-refractivity contribution in [3.63, 3.8) is 0 Å². The molecule has 0 aliphatic rings. The van der Waals surface area contributed by atoms with Crippen molar-refractivity contribution in [2.45, 2.75) is 6.18 Å². The molecule has 0 heterocycles. The molecular weight excluding hydrogens is 337 g/mol. The van der Waals surface area contributed by atoms with Gasteiger partial charge in [-0.05, 0) is 29.8 Å². The van der Waals surface area contributed by atoms with Crippen LogP contribution >= 0.6 is 0 Å². The number of hydrogen-bond donors (Lipinski definition) is 1. The zero-order valence-corrected chi connectivity index (χ0v) is 13.2. The minimum Gasteiger partial charge on any atom is -0.482 e. The van der Waals surface area contributed by atoms with Gasteiger partial charge in [0.05, 0.1) is 11.9 Å². The molecule has 0 unspecified atom stereocenters. The zero-order valence-electron chi connectivity index (χ0n) is 13.2. The highest BCUT2D eigenvalue weighted by Gasteiger charge is 2.28. The number of oxime groups is 1. The summed E-state index contributed by atoms with van der Waals surface area (Å²) in [6.45, 7) is -1.44. The Morgan fingerprint density at radius 2 is 1.84 bits per heavy atom. The third-order valence-corrected chi connectivity index (χ3v) is 3.01. The summed E-state index contributed by atoms with van der Waals surface area (Å²) < 4.78 is 41.6. The molecule has 25 heavy (non-hydrogen) atoms. The number of halogens is 3. The molecule has 2 aromatic carbocycles. The fourth-order valence-corrected chi connectivity index (χ4v) is 1.88. The van der Waals surface area contributed by atoms with E-state index in [-0.39, 0.29) is 11.4 Å². The van der Waals surface area contributed by atoms with Crippen molar-refractivity contribution >= 4 is 17.8 Å². The number of nitrogens with zero attached hydrogens (tertiary/aromatic N) is 1. The van der Waals surface area contributed by atoms with E-state index in [2.05, 4.69) is 15.3 Å². The lowest BCUT2D eigenvalue weighted by Crippen LogP contribution is -2.20. The maximum Gasteiger partial charge on any atom is 0.422 e. The molecule has 2 aromatic rings. The Morgan fingerprint density at radius 3 is 2.48 bits per heavy atom. The van der Waals surface area contributed by atoms with Crippen molar-refractivity contribution in [3.8, 4) is 5.75 Å². The van der Waals surface area contributed by atoms with Crippen molar-refractivity contribution in [3.05, 3.63) is 59.7 Å². The van der Waals surface area contributed by atoms with E-state index >= 15 is 0 Å². The largest absolute Gasteiger partial charge is 0.482 e. The molecule has 0 atom stereocenters. The van der Waals surface area contributed by atoms with Crippen LogP contribution < -0.4 is 10.1 Å². The van der Waals surface area contributed by atoms with E-state index in [9.17, 15) is 18.0 Å². The molecular formula is C17H15F3N2O3. The van der Waals surface area contributed by atoms with Gasteiger partial charge in [-0.25, -0.2) is 0 Å². The zero-order chi connectivity index (χ0) is 18.3. The Labute approximate surface area is 142 Å². The molecule has 0 saturated carbocycles. The number of carbonyl (C=O) groups is 1. The molecule has 0 aliphatic carbocycles. The maximum absolute atomic E-state index is 12.3. The number of carbonyl (C=O) groups excluding carboxylic acids is 1. The van der Waals surface area contributed by atoms with Crippen LogP contribution in [-0.2, 0) is 4.84 Å². The van der Waals surface area contributed by atoms with Crippen LogP contribution in [0, 0.1) is 0 Å². The van der Waals surface area contributed by atoms with Gasteiger partial charge < -0.3 is 14.9 Å². The number of benzene rings is 2. The number of amides is 1. The van der Waals surface area contributed by atoms with Crippen LogP contribution in [0.4, 0.5) is 18.9 Å². The van der Waals surface area contributed by atoms with Crippen molar-refractivity contribution in [1.82, 2.24) is 0 Å². The lowest BCUT2D eigenvalue weighted by molar-refractivity contribution is -0.153. The van der Waals surface area contributed by atoms with Gasteiger partial charge in [-0.15, -0.1) is 0 Å². The Balaban J connectivity index is 2.08. The highest BCUT2D eigenvalue weighted by atomic mass is 19.4. The molecule has 1 amide bonds. The van der Waals surface area contributed by atoms with Crippen molar-refractivity contribution in [2.24, 2.45) is 5.16 Å². The van der Waals surface area contributed by atoms with Gasteiger partial charge >= 0.3 is 6.18 Å². The third-order valence-electron chi connectivity index (χ3n) is 3.01. The Hall–Kier alpha value is -3.03. The van der Waals surface area contributed by atoms with Gasteiger partial charge in [0.1, 0.15) is 12.9 Å². The second-order valence-corrected chi connectivity index (χ2v) is 4.89. The number of alkyl halides is 3. The van der Waals surface area contributed by atoms with Gasteiger partial charge in [0.25, 0.3) is 5.91 Å². The molecule has 132 valence electrons. The van der Waals surface area contributed by atoms with Crippen LogP contribution in [-0.4, -0.2) is 32.0 Å². The summed E-state index contributed by atoms with van der Waals surface area (Å²) in [7, 11) is 1.41. The first-order valence-corrected chi connectivity index (χ1v) is 7.15. The minimum atomic E-state index is -4.46. The van der Waals surface area contributed by atoms with E-state index < -0.39 is 18.7 Å². The van der Waals surface area contributed by atoms with E-state index in [1.165, 1.54) is 31.5 Å². The monoisotopic (exact) mass is 352 g/mol. The second kappa shape index (κ2) is 8.18. The van der Waals surface area contributed by atoms with Gasteiger partial charge in [0, 0.05) is 5.56 Å². The maximum atomic E-state index is 12.3. The lowest BCUT2D eigenvalue weighted by atomic mass is 10.1. The highest BCUT2D eigenvalue weighted by Crippen LogP contribution is 2.26. The van der Waals surface area contributed by atoms with Gasteiger partial charge in [-0.1, -0.05) is 29.4 Å². The normalized spacial score (nSPS) is 11.4. The van der Waals surface area contributed by atoms with Crippen molar-refractivity contribution in [2.75, 3.05) is 19.0 Å². The summed E-state index contributed by atoms with van der Waals surface area (Å²) in [6.07, 6.45) is -2.99. The van der Waals surface area contributed by atoms with Crippen molar-refractivity contribution < 1.29 is 27.5 Å². The standard InChI is InChI=1S/C17H15F3N2O3/c1-24-21-10-12-6-8-13(9-7-12)16(23)22-14-4-2-3-5-15(14)25-11-17(18,19)20/h2-10H,11H2,1H3,(H,22,23)/b21-10+. The molecule has 0 fully saturated rings. The molecule has 0 bridgehead atoms. The predicted molar refractivity (Wildman–Crippen MR) is 87.0 cm³/mol. The predicted octanol–water partition coefficient (Wildman–Crippen LogP) is 3.86. The molecule has 2 rings (SSSR count). The summed E-state index contributed by atoms with van der Waals surface area (Å²) in [5.41, 5.74) is 1.22. The number of rotatable bonds is 6. The molecule has 0 saturated heterocycles. The summed E-state index contributed by atoms with van der Waals surface area (Å²) in [5.74, 6) is -0.532. The number of para-hydroxylation sites is 2. The Morgan fingerprint density at radius 1 is 1.16 bits per heavy atom. The number of nitrogens with one attached hydrogen (secondary N) is 1. The molecule has 0 aromatic heterocycles. The fourth-order valence-electron chi connectivity index (χ4n) is 1.88. The molecule has 0 spiro atoms. The van der Waals surface area contributed by atoms with Crippen LogP contribution in [0.25, 0.3) is 0 Å². The molecule has 1 N–H and O–H groups in total. The van der Waals surface area contributed by atoms with Gasteiger partial charge in [0.15, 0.2) is 6.61 Å². The smallest absolute Gasteiger partial charge is 0.422 e. The summed E-state index contributed by atoms with van der Waals surface area (Å²) >= 11 is 0. The number of anilines is 1. The van der Waals surface area contributed by atoms with E-state index in [0.29, 0.717) is 5.56 Å². The fraction of sp³-hybridized carbons (Fsp3) is 0.176. The minimum absolute atomic E-state index is 0.0583. The highest BCUT2D eigenvalue weighted by molar-refractivity contribution is 6.05. The Kier molecular flexibility index (Phi) is 5.99. The first kappa shape index (κ1) is 18.3. The van der Waals surface area contributed by atoms with Crippen LogP contribution in [0.2, 0.25) is 0 Å². The van der Waals surface area contributed by atoms with Crippen LogP contribution in [0.5, 0.6) is 5.75 Å². The SMILES string of the molecule is CO/N=C/c1ccc(C(=O)Nc2ccccc2OCC(F)(F)F)cc1. The second-order valence-electron chi connectivity index (χ2n) is 4.89. The molecule has 0 aliphatic heterocycles. The molecule has 8 heteroatoms. The van der Waals surface area contributed by atoms with Crippen LogP contribution in [0.3, 0.4) is 0 Å². The van der Waals surface area contributed by atoms with Crippen molar-refractivity contribution in [1.29, 1.82) is 0 Å². The average Bonchev–Trinajstić information content (AvgIpc) is 2.59. The number of ether oxygens (including phenoxy) is 1. The number of hydrogen-bond acceptors (Lipinski definition) is 4. The van der Waals surface area contributed by atoms with E-state index in [0.717, 1.165) is 5.56 Å². The van der Waals surface area contributed by atoms with Crippen LogP contribution in [0.15, 0.2) is 53.7 Å². The molecule has 5 nitrogen and oxygen atoms in total. The quantitative estimate of drug-likeness (QED) is 0.634. The van der Waals surface area contributed by atoms with Gasteiger partial charge in [0.2, 0.25) is 0 Å². The van der Waals surface area contributed by atoms with Crippen LogP contribution in [0.1, 0.15) is 15.9 Å². The third kappa shape index (κ3) is 5.83. The van der Waals surface area contributed by atoms with E-state index in [1.54, 1.807) is 30.3 Å². The summed E-state index contributed by atoms with van der Waals surface area (Å²) in [5, 5.41) is 6.14. The van der Waals surface area contributed by atoms with E-state index in [4.69, 9.17) is 4.74 Å². The first-order chi connectivity index (χ1) is 11.9. The first-order valence-electron chi connectivity index (χ1n) is 7.15. The Bertz CT molecular complexity index is 744. The van der Waals surface area contributed by atoms with Gasteiger partial charge in [-0.2, -0.15) is 13.2 Å². The topological polar surface area (TPSA) is 59.9 Å².